The molecular formula is C33H39F6N4O15-. The van der Waals surface area contributed by atoms with Crippen LogP contribution < -0.4 is 0 Å². The number of hydrogen-bond acceptors (Lipinski definition) is 16. The molecule has 2 saturated heterocycles. The number of aliphatic hydroxyl groups is 13. The maximum atomic E-state index is 15.1. The quantitative estimate of drug-likeness (QED) is 0.0630. The van der Waals surface area contributed by atoms with Gasteiger partial charge in [-0.05, 0) is 67.8 Å². The lowest BCUT2D eigenvalue weighted by Crippen LogP contribution is -2.92. The van der Waals surface area contributed by atoms with E-state index in [1.807, 2.05) is 0 Å². The Kier molecular flexibility index (Phi) is 11.0. The predicted octanol–water partition coefficient (Wildman–Crippen LogP) is -2.30. The molecule has 2 aliphatic heterocycles. The second-order valence-corrected chi connectivity index (χ2v) is 14.2. The zero-order chi connectivity index (χ0) is 45.1. The summed E-state index contributed by atoms with van der Waals surface area (Å²) in [4.78, 5) is 23.9. The van der Waals surface area contributed by atoms with Crippen molar-refractivity contribution in [3.05, 3.63) is 88.7 Å². The second-order valence-electron chi connectivity index (χ2n) is 14.2. The van der Waals surface area contributed by atoms with Crippen molar-refractivity contribution in [3.63, 3.8) is 0 Å². The van der Waals surface area contributed by atoms with Crippen molar-refractivity contribution in [2.45, 2.75) is 92.8 Å². The van der Waals surface area contributed by atoms with Crippen LogP contribution in [-0.4, -0.2) is 146 Å². The average molecular weight is 846 g/mol. The number of allylic oxidation sites excluding steroid dienone is 1. The van der Waals surface area contributed by atoms with Crippen LogP contribution in [0.15, 0.2) is 48.6 Å². The monoisotopic (exact) mass is 845 g/mol. The highest BCUT2D eigenvalue weighted by Crippen LogP contribution is 2.55. The number of urea groups is 1. The standard InChI is InChI=1S/C33H39F6N4O15/c1-14(2)27(35,36)18-10-17(11-19(12-18)30(37,38)39)25(5,46)40(6)24(45)42-22(21-8-7-20(34)9-15(21)3)28(49,50)23(29(51,52)31(42,53)54)43-26(47,48)13-41(16(4)44)32(55,56)33(43,57)58/h7-13,22-23,46-58H,1H2,2-6H3/q-1. The van der Waals surface area contributed by atoms with Crippen LogP contribution in [0.5, 0.6) is 0 Å². The number of piperazine rings is 1. The molecule has 25 heteroatoms. The first-order valence-electron chi connectivity index (χ1n) is 16.2. The number of piperidine rings is 1. The summed E-state index contributed by atoms with van der Waals surface area (Å²) < 4.78 is 86.5. The Labute approximate surface area is 322 Å². The number of benzene rings is 2. The van der Waals surface area contributed by atoms with Crippen molar-refractivity contribution >= 4 is 11.9 Å². The van der Waals surface area contributed by atoms with E-state index in [1.54, 1.807) is 0 Å². The van der Waals surface area contributed by atoms with Gasteiger partial charge in [-0.3, -0.25) is 14.6 Å². The Hall–Kier alpha value is -4.06. The van der Waals surface area contributed by atoms with Gasteiger partial charge in [0, 0.05) is 25.1 Å². The molecule has 19 nitrogen and oxygen atoms in total. The summed E-state index contributed by atoms with van der Waals surface area (Å²) in [5, 5.41) is 146. The number of carbonyl (C=O) groups is 2. The van der Waals surface area contributed by atoms with E-state index in [2.05, 4.69) is 6.58 Å². The van der Waals surface area contributed by atoms with Gasteiger partial charge in [0.15, 0.2) is 11.6 Å². The fourth-order valence-electron chi connectivity index (χ4n) is 6.70. The fraction of sp³-hybridized carbons (Fsp3) is 0.485. The van der Waals surface area contributed by atoms with Crippen molar-refractivity contribution in [1.29, 1.82) is 0 Å². The van der Waals surface area contributed by atoms with Crippen molar-refractivity contribution < 1.29 is 102 Å². The predicted molar refractivity (Wildman–Crippen MR) is 174 cm³/mol. The number of nitrogens with zero attached hydrogens (tertiary/aromatic N) is 4. The van der Waals surface area contributed by atoms with E-state index >= 15 is 8.78 Å². The van der Waals surface area contributed by atoms with E-state index in [-0.39, 0.29) is 29.6 Å². The van der Waals surface area contributed by atoms with E-state index in [1.165, 1.54) is 0 Å². The van der Waals surface area contributed by atoms with Crippen LogP contribution in [0.4, 0.5) is 31.1 Å². The minimum Gasteiger partial charge on any atom is -0.432 e. The summed E-state index contributed by atoms with van der Waals surface area (Å²) in [6, 6.07) is -7.43. The summed E-state index contributed by atoms with van der Waals surface area (Å²) >= 11 is 0. The molecule has 324 valence electrons. The van der Waals surface area contributed by atoms with E-state index in [4.69, 9.17) is 0 Å². The molecular weight excluding hydrogens is 806 g/mol. The van der Waals surface area contributed by atoms with Gasteiger partial charge in [0.1, 0.15) is 23.8 Å². The zero-order valence-electron chi connectivity index (χ0n) is 30.6. The summed E-state index contributed by atoms with van der Waals surface area (Å²) in [5.74, 6) is -35.6. The van der Waals surface area contributed by atoms with E-state index < -0.39 is 131 Å². The number of likely N-dealkylation sites (tertiary alicyclic amines) is 1. The maximum absolute atomic E-state index is 15.1. The number of halogens is 6. The van der Waals surface area contributed by atoms with E-state index in [0.717, 1.165) is 13.8 Å². The highest BCUT2D eigenvalue weighted by Gasteiger charge is 2.80. The smallest absolute Gasteiger partial charge is 0.416 e. The van der Waals surface area contributed by atoms with Crippen LogP contribution in [0.2, 0.25) is 0 Å². The third kappa shape index (κ3) is 6.88. The van der Waals surface area contributed by atoms with Gasteiger partial charge in [-0.1, -0.05) is 12.6 Å². The molecule has 2 heterocycles. The summed E-state index contributed by atoms with van der Waals surface area (Å²) in [7, 11) is 0.448. The molecule has 0 aliphatic carbocycles. The van der Waals surface area contributed by atoms with Gasteiger partial charge in [0.25, 0.3) is 17.6 Å². The number of hydrogen-bond donors (Lipinski definition) is 13. The topological polar surface area (TPSA) is 310 Å². The first-order valence-corrected chi connectivity index (χ1v) is 16.2. The van der Waals surface area contributed by atoms with Crippen LogP contribution >= 0.6 is 0 Å². The highest BCUT2D eigenvalue weighted by molar-refractivity contribution is 5.77. The Bertz CT molecular complexity index is 2010. The lowest BCUT2D eigenvalue weighted by atomic mass is 9.76. The Balaban J connectivity index is 2.04. The van der Waals surface area contributed by atoms with Crippen LogP contribution in [0.3, 0.4) is 0 Å². The minimum absolute atomic E-state index is 0.00970. The number of rotatable bonds is 6. The normalized spacial score (nSPS) is 24.8. The molecule has 58 heavy (non-hydrogen) atoms. The van der Waals surface area contributed by atoms with Gasteiger partial charge in [-0.2, -0.15) is 28.5 Å². The molecule has 2 aromatic carbocycles. The molecule has 3 unspecified atom stereocenters. The average Bonchev–Trinajstić information content (AvgIpc) is 3.05. The first-order chi connectivity index (χ1) is 25.8. The molecule has 2 fully saturated rings. The summed E-state index contributed by atoms with van der Waals surface area (Å²) in [5.41, 5.74) is -10.2. The molecule has 0 saturated carbocycles. The van der Waals surface area contributed by atoms with Gasteiger partial charge in [0.2, 0.25) is 5.79 Å². The Morgan fingerprint density at radius 3 is 1.78 bits per heavy atom. The molecule has 0 spiro atoms. The number of carbonyl (C=O) groups excluding carboxylic acids is 2. The molecule has 2 aromatic rings. The zero-order valence-corrected chi connectivity index (χ0v) is 30.6. The molecule has 0 aromatic heterocycles. The number of aryl methyl sites for hydroxylation is 1. The largest absolute Gasteiger partial charge is 0.432 e. The Morgan fingerprint density at radius 2 is 1.31 bits per heavy atom. The first kappa shape index (κ1) is 46.6. The van der Waals surface area contributed by atoms with E-state index in [0.29, 0.717) is 39.1 Å². The summed E-state index contributed by atoms with van der Waals surface area (Å²) in [6.07, 6.45) is -5.40. The SMILES string of the molecule is C=C(C)C(F)(F)c1cc(C(F)(F)F)cc(C(C)(O)N(C)C(=O)N2C(c3ccc(F)cc3C)C(O)(O)C(N3C(O)(O)[CH-]N(C(C)=O)C(O)(O)C3(O)O)C(O)(O)C2(O)O)c1. The van der Waals surface area contributed by atoms with Crippen molar-refractivity contribution in [2.24, 2.45) is 0 Å². The van der Waals surface area contributed by atoms with Gasteiger partial charge in [0.05, 0.1) is 5.56 Å². The third-order valence-electron chi connectivity index (χ3n) is 10.0. The van der Waals surface area contributed by atoms with Gasteiger partial charge in [-0.15, -0.1) is 0 Å². The number of alkyl halides is 5. The lowest BCUT2D eigenvalue weighted by molar-refractivity contribution is -0.560. The molecule has 0 radical (unpaired) electrons. The molecule has 4 rings (SSSR count). The molecule has 2 aliphatic rings. The van der Waals surface area contributed by atoms with Crippen LogP contribution in [0.25, 0.3) is 0 Å². The van der Waals surface area contributed by atoms with Crippen molar-refractivity contribution in [3.8, 4) is 0 Å². The van der Waals surface area contributed by atoms with Crippen molar-refractivity contribution in [2.75, 3.05) is 7.05 Å². The number of amides is 3. The van der Waals surface area contributed by atoms with Crippen LogP contribution in [0.1, 0.15) is 54.6 Å². The van der Waals surface area contributed by atoms with E-state index in [9.17, 15) is 93.5 Å². The van der Waals surface area contributed by atoms with Gasteiger partial charge < -0.3 is 71.3 Å². The second kappa shape index (κ2) is 13.7. The van der Waals surface area contributed by atoms with Gasteiger partial charge in [-0.25, -0.2) is 14.1 Å². The highest BCUT2D eigenvalue weighted by atomic mass is 19.4. The molecule has 0 bridgehead atoms. The van der Waals surface area contributed by atoms with Crippen molar-refractivity contribution in [1.82, 2.24) is 19.6 Å². The Morgan fingerprint density at radius 1 is 0.810 bits per heavy atom. The van der Waals surface area contributed by atoms with Crippen LogP contribution in [0, 0.1) is 19.3 Å². The van der Waals surface area contributed by atoms with Crippen LogP contribution in [-0.2, 0) is 22.6 Å². The fourth-order valence-corrected chi connectivity index (χ4v) is 6.70. The van der Waals surface area contributed by atoms with Gasteiger partial charge >= 0.3 is 24.0 Å². The molecule has 3 amide bonds. The maximum Gasteiger partial charge on any atom is 0.416 e. The lowest BCUT2D eigenvalue weighted by Gasteiger charge is -2.69. The minimum atomic E-state index is -5.40. The summed E-state index contributed by atoms with van der Waals surface area (Å²) in [6.45, 7) is 5.34. The molecule has 3 atom stereocenters. The third-order valence-corrected chi connectivity index (χ3v) is 10.0. The molecule has 13 N–H and O–H groups in total.